The zero-order valence-electron chi connectivity index (χ0n) is 12.5. The zero-order chi connectivity index (χ0) is 14.2. The molecule has 1 aromatic carbocycles. The van der Waals surface area contributed by atoms with Crippen LogP contribution < -0.4 is 10.5 Å². The summed E-state index contributed by atoms with van der Waals surface area (Å²) >= 11 is 0. The fraction of sp³-hybridized carbons (Fsp3) is 0.625. The first kappa shape index (κ1) is 15.3. The smallest absolute Gasteiger partial charge is 0.119 e. The lowest BCUT2D eigenvalue weighted by Crippen LogP contribution is -2.52. The van der Waals surface area contributed by atoms with E-state index in [0.717, 1.165) is 58.0 Å². The molecule has 1 aliphatic rings. The largest absolute Gasteiger partial charge is 0.492 e. The second-order valence-electron chi connectivity index (χ2n) is 5.34. The topological polar surface area (TPSA) is 41.7 Å². The van der Waals surface area contributed by atoms with Gasteiger partial charge in [-0.15, -0.1) is 0 Å². The van der Waals surface area contributed by atoms with Crippen molar-refractivity contribution in [1.82, 2.24) is 9.80 Å². The lowest BCUT2D eigenvalue weighted by Gasteiger charge is -2.38. The molecule has 0 aliphatic carbocycles. The number of rotatable bonds is 7. The summed E-state index contributed by atoms with van der Waals surface area (Å²) in [7, 11) is 0. The summed E-state index contributed by atoms with van der Waals surface area (Å²) < 4.78 is 5.75. The Kier molecular flexibility index (Phi) is 6.30. The third-order valence-electron chi connectivity index (χ3n) is 4.09. The highest BCUT2D eigenvalue weighted by molar-refractivity contribution is 5.20. The molecule has 1 unspecified atom stereocenters. The SMILES string of the molecule is CCC(CN)N1CCN(CCOc2ccccc2)CC1. The van der Waals surface area contributed by atoms with Crippen LogP contribution in [0.3, 0.4) is 0 Å². The number of hydrogen-bond acceptors (Lipinski definition) is 4. The second-order valence-corrected chi connectivity index (χ2v) is 5.34. The molecule has 1 heterocycles. The van der Waals surface area contributed by atoms with Gasteiger partial charge < -0.3 is 10.5 Å². The molecule has 2 N–H and O–H groups in total. The molecule has 1 atom stereocenters. The van der Waals surface area contributed by atoms with Gasteiger partial charge in [0.1, 0.15) is 12.4 Å². The van der Waals surface area contributed by atoms with E-state index in [0.29, 0.717) is 6.04 Å². The van der Waals surface area contributed by atoms with Crippen molar-refractivity contribution < 1.29 is 4.74 Å². The van der Waals surface area contributed by atoms with Crippen molar-refractivity contribution in [2.75, 3.05) is 45.9 Å². The number of hydrogen-bond donors (Lipinski definition) is 1. The van der Waals surface area contributed by atoms with Gasteiger partial charge in [-0.05, 0) is 18.6 Å². The normalized spacial score (nSPS) is 18.9. The van der Waals surface area contributed by atoms with Crippen molar-refractivity contribution in [3.05, 3.63) is 30.3 Å². The third kappa shape index (κ3) is 4.47. The summed E-state index contributed by atoms with van der Waals surface area (Å²) in [5.74, 6) is 0.959. The lowest BCUT2D eigenvalue weighted by molar-refractivity contribution is 0.0872. The molecule has 1 aliphatic heterocycles. The number of ether oxygens (including phenoxy) is 1. The molecule has 112 valence electrons. The average molecular weight is 277 g/mol. The quantitative estimate of drug-likeness (QED) is 0.818. The maximum Gasteiger partial charge on any atom is 0.119 e. The zero-order valence-corrected chi connectivity index (χ0v) is 12.5. The maximum atomic E-state index is 5.82. The van der Waals surface area contributed by atoms with Crippen molar-refractivity contribution >= 4 is 0 Å². The second kappa shape index (κ2) is 8.25. The van der Waals surface area contributed by atoms with Crippen molar-refractivity contribution in [3.63, 3.8) is 0 Å². The van der Waals surface area contributed by atoms with Gasteiger partial charge in [-0.3, -0.25) is 9.80 Å². The van der Waals surface area contributed by atoms with Gasteiger partial charge in [0.25, 0.3) is 0 Å². The summed E-state index contributed by atoms with van der Waals surface area (Å²) in [5, 5.41) is 0. The van der Waals surface area contributed by atoms with Crippen LogP contribution >= 0.6 is 0 Å². The molecular formula is C16H27N3O. The molecule has 0 amide bonds. The van der Waals surface area contributed by atoms with Crippen molar-refractivity contribution in [2.24, 2.45) is 5.73 Å². The van der Waals surface area contributed by atoms with Crippen molar-refractivity contribution in [2.45, 2.75) is 19.4 Å². The molecular weight excluding hydrogens is 250 g/mol. The standard InChI is InChI=1S/C16H27N3O/c1-2-15(14-17)19-10-8-18(9-11-19)12-13-20-16-6-4-3-5-7-16/h3-7,15H,2,8-14,17H2,1H3. The van der Waals surface area contributed by atoms with E-state index < -0.39 is 0 Å². The van der Waals surface area contributed by atoms with Crippen LogP contribution in [0.15, 0.2) is 30.3 Å². The molecule has 1 fully saturated rings. The van der Waals surface area contributed by atoms with Gasteiger partial charge in [0.15, 0.2) is 0 Å². The van der Waals surface area contributed by atoms with E-state index in [-0.39, 0.29) is 0 Å². The van der Waals surface area contributed by atoms with Crippen LogP contribution in [0.1, 0.15) is 13.3 Å². The first-order valence-corrected chi connectivity index (χ1v) is 7.67. The Morgan fingerprint density at radius 2 is 1.85 bits per heavy atom. The molecule has 0 radical (unpaired) electrons. The van der Waals surface area contributed by atoms with Crippen LogP contribution in [0.2, 0.25) is 0 Å². The number of piperazine rings is 1. The first-order chi connectivity index (χ1) is 9.83. The number of para-hydroxylation sites is 1. The molecule has 1 saturated heterocycles. The maximum absolute atomic E-state index is 5.82. The minimum Gasteiger partial charge on any atom is -0.492 e. The third-order valence-corrected chi connectivity index (χ3v) is 4.09. The Balaban J connectivity index is 1.65. The Hall–Kier alpha value is -1.10. The highest BCUT2D eigenvalue weighted by Crippen LogP contribution is 2.10. The predicted molar refractivity (Wildman–Crippen MR) is 83.1 cm³/mol. The van der Waals surface area contributed by atoms with E-state index in [2.05, 4.69) is 16.7 Å². The lowest BCUT2D eigenvalue weighted by atomic mass is 10.1. The van der Waals surface area contributed by atoms with Gasteiger partial charge in [0, 0.05) is 45.3 Å². The molecule has 1 aromatic rings. The Morgan fingerprint density at radius 1 is 1.15 bits per heavy atom. The summed E-state index contributed by atoms with van der Waals surface area (Å²) in [6.45, 7) is 9.25. The monoisotopic (exact) mass is 277 g/mol. The highest BCUT2D eigenvalue weighted by Gasteiger charge is 2.21. The molecule has 0 spiro atoms. The van der Waals surface area contributed by atoms with Crippen LogP contribution in [0.4, 0.5) is 0 Å². The molecule has 4 nitrogen and oxygen atoms in total. The first-order valence-electron chi connectivity index (χ1n) is 7.67. The average Bonchev–Trinajstić information content (AvgIpc) is 2.51. The van der Waals surface area contributed by atoms with Crippen molar-refractivity contribution in [3.8, 4) is 5.75 Å². The van der Waals surface area contributed by atoms with Gasteiger partial charge in [0.2, 0.25) is 0 Å². The highest BCUT2D eigenvalue weighted by atomic mass is 16.5. The molecule has 20 heavy (non-hydrogen) atoms. The molecule has 0 aromatic heterocycles. The number of benzene rings is 1. The van der Waals surface area contributed by atoms with Crippen molar-refractivity contribution in [1.29, 1.82) is 0 Å². The van der Waals surface area contributed by atoms with E-state index in [9.17, 15) is 0 Å². The Bertz CT molecular complexity index is 359. The Morgan fingerprint density at radius 3 is 2.45 bits per heavy atom. The summed E-state index contributed by atoms with van der Waals surface area (Å²) in [5.41, 5.74) is 5.82. The van der Waals surface area contributed by atoms with Gasteiger partial charge in [-0.1, -0.05) is 25.1 Å². The summed E-state index contributed by atoms with van der Waals surface area (Å²) in [4.78, 5) is 5.00. The van der Waals surface area contributed by atoms with Gasteiger partial charge in [0.05, 0.1) is 0 Å². The molecule has 0 bridgehead atoms. The van der Waals surface area contributed by atoms with Crippen LogP contribution in [0.25, 0.3) is 0 Å². The molecule has 4 heteroatoms. The molecule has 0 saturated carbocycles. The minimum absolute atomic E-state index is 0.553. The van der Waals surface area contributed by atoms with Gasteiger partial charge in [-0.2, -0.15) is 0 Å². The van der Waals surface area contributed by atoms with E-state index in [1.807, 2.05) is 30.3 Å². The minimum atomic E-state index is 0.553. The summed E-state index contributed by atoms with van der Waals surface area (Å²) in [6, 6.07) is 10.6. The van der Waals surface area contributed by atoms with Crippen LogP contribution in [-0.4, -0.2) is 61.7 Å². The number of nitrogens with zero attached hydrogens (tertiary/aromatic N) is 2. The fourth-order valence-electron chi connectivity index (χ4n) is 2.74. The van der Waals surface area contributed by atoms with E-state index >= 15 is 0 Å². The van der Waals surface area contributed by atoms with Crippen LogP contribution in [0.5, 0.6) is 5.75 Å². The van der Waals surface area contributed by atoms with E-state index in [1.54, 1.807) is 0 Å². The predicted octanol–water partition coefficient (Wildman–Crippen LogP) is 1.42. The Labute approximate surface area is 122 Å². The van der Waals surface area contributed by atoms with E-state index in [1.165, 1.54) is 0 Å². The van der Waals surface area contributed by atoms with Gasteiger partial charge in [-0.25, -0.2) is 0 Å². The molecule has 2 rings (SSSR count). The van der Waals surface area contributed by atoms with Crippen LogP contribution in [0, 0.1) is 0 Å². The van der Waals surface area contributed by atoms with Crippen LogP contribution in [-0.2, 0) is 0 Å². The summed E-state index contributed by atoms with van der Waals surface area (Å²) in [6.07, 6.45) is 1.15. The van der Waals surface area contributed by atoms with E-state index in [4.69, 9.17) is 10.5 Å². The number of nitrogens with two attached hydrogens (primary N) is 1. The fourth-order valence-corrected chi connectivity index (χ4v) is 2.74. The van der Waals surface area contributed by atoms with Gasteiger partial charge >= 0.3 is 0 Å².